The molecule has 2 rings (SSSR count). The number of hydrogen-bond acceptors (Lipinski definition) is 2. The normalized spacial score (nSPS) is 10.0. The van der Waals surface area contributed by atoms with Crippen molar-refractivity contribution < 1.29 is 9.59 Å². The van der Waals surface area contributed by atoms with E-state index in [0.29, 0.717) is 11.1 Å². The van der Waals surface area contributed by atoms with Crippen molar-refractivity contribution in [2.45, 2.75) is 6.42 Å². The van der Waals surface area contributed by atoms with Gasteiger partial charge in [-0.3, -0.25) is 9.59 Å². The van der Waals surface area contributed by atoms with Crippen LogP contribution in [0.2, 0.25) is 0 Å². The van der Waals surface area contributed by atoms with Crippen molar-refractivity contribution in [3.05, 3.63) is 71.3 Å². The Balaban J connectivity index is 2.29. The molecule has 0 saturated carbocycles. The quantitative estimate of drug-likeness (QED) is 0.829. The van der Waals surface area contributed by atoms with E-state index >= 15 is 0 Å². The summed E-state index contributed by atoms with van der Waals surface area (Å²) in [6.07, 6.45) is 0.149. The molecule has 2 aromatic carbocycles. The number of benzene rings is 2. The van der Waals surface area contributed by atoms with E-state index in [1.807, 2.05) is 18.2 Å². The lowest BCUT2D eigenvalue weighted by Gasteiger charge is -2.03. The molecule has 0 spiro atoms. The van der Waals surface area contributed by atoms with Crippen LogP contribution in [0.1, 0.15) is 21.5 Å². The molecular formula is C15H13NO2. The molecule has 0 atom stereocenters. The molecule has 0 fully saturated rings. The maximum atomic E-state index is 12.2. The minimum Gasteiger partial charge on any atom is -0.369 e. The molecule has 2 N–H and O–H groups in total. The number of primary amides is 1. The topological polar surface area (TPSA) is 60.2 Å². The first-order chi connectivity index (χ1) is 8.66. The van der Waals surface area contributed by atoms with Crippen LogP contribution in [0.4, 0.5) is 0 Å². The lowest BCUT2D eigenvalue weighted by molar-refractivity contribution is -0.117. The second-order valence-electron chi connectivity index (χ2n) is 4.04. The van der Waals surface area contributed by atoms with Gasteiger partial charge in [0.25, 0.3) is 0 Å². The minimum absolute atomic E-state index is 0.0538. The van der Waals surface area contributed by atoms with Crippen molar-refractivity contribution in [3.8, 4) is 0 Å². The van der Waals surface area contributed by atoms with Crippen LogP contribution in [0.3, 0.4) is 0 Å². The summed E-state index contributed by atoms with van der Waals surface area (Å²) in [7, 11) is 0. The number of carbonyl (C=O) groups excluding carboxylic acids is 2. The molecule has 3 heteroatoms. The second-order valence-corrected chi connectivity index (χ2v) is 4.04. The third-order valence-electron chi connectivity index (χ3n) is 2.60. The monoisotopic (exact) mass is 239 g/mol. The SMILES string of the molecule is NC(=O)Cc1cccc(C(=O)c2ccccc2)c1. The summed E-state index contributed by atoms with van der Waals surface area (Å²) < 4.78 is 0. The van der Waals surface area contributed by atoms with Gasteiger partial charge in [0.1, 0.15) is 0 Å². The van der Waals surface area contributed by atoms with Crippen LogP contribution in [-0.2, 0) is 11.2 Å². The van der Waals surface area contributed by atoms with E-state index in [4.69, 9.17) is 5.73 Å². The Bertz CT molecular complexity index is 576. The van der Waals surface area contributed by atoms with Crippen molar-refractivity contribution in [1.29, 1.82) is 0 Å². The first-order valence-corrected chi connectivity index (χ1v) is 5.64. The maximum absolute atomic E-state index is 12.2. The molecule has 18 heavy (non-hydrogen) atoms. The third kappa shape index (κ3) is 2.83. The minimum atomic E-state index is -0.403. The van der Waals surface area contributed by atoms with Gasteiger partial charge in [-0.2, -0.15) is 0 Å². The molecule has 0 aromatic heterocycles. The molecule has 0 aliphatic carbocycles. The average molecular weight is 239 g/mol. The van der Waals surface area contributed by atoms with Gasteiger partial charge in [0.15, 0.2) is 5.78 Å². The van der Waals surface area contributed by atoms with Gasteiger partial charge in [0.2, 0.25) is 5.91 Å². The Morgan fingerprint density at radius 2 is 1.56 bits per heavy atom. The molecule has 0 aliphatic rings. The number of ketones is 1. The fourth-order valence-corrected chi connectivity index (χ4v) is 1.78. The van der Waals surface area contributed by atoms with Gasteiger partial charge < -0.3 is 5.73 Å². The highest BCUT2D eigenvalue weighted by Gasteiger charge is 2.09. The summed E-state index contributed by atoms with van der Waals surface area (Å²) in [6, 6.07) is 16.0. The molecule has 0 aliphatic heterocycles. The first-order valence-electron chi connectivity index (χ1n) is 5.64. The van der Waals surface area contributed by atoms with E-state index in [1.165, 1.54) is 0 Å². The number of carbonyl (C=O) groups is 2. The fraction of sp³-hybridized carbons (Fsp3) is 0.0667. The molecule has 1 amide bonds. The highest BCUT2D eigenvalue weighted by Crippen LogP contribution is 2.12. The van der Waals surface area contributed by atoms with Crippen LogP contribution in [0.25, 0.3) is 0 Å². The summed E-state index contributed by atoms with van der Waals surface area (Å²) in [5.74, 6) is -0.457. The predicted octanol–water partition coefficient (Wildman–Crippen LogP) is 1.95. The van der Waals surface area contributed by atoms with Gasteiger partial charge in [-0.1, -0.05) is 48.5 Å². The maximum Gasteiger partial charge on any atom is 0.221 e. The largest absolute Gasteiger partial charge is 0.369 e. The summed E-state index contributed by atoms with van der Waals surface area (Å²) >= 11 is 0. The zero-order valence-electron chi connectivity index (χ0n) is 9.80. The Labute approximate surface area is 105 Å². The Kier molecular flexibility index (Phi) is 3.53. The van der Waals surface area contributed by atoms with Crippen LogP contribution < -0.4 is 5.73 Å². The van der Waals surface area contributed by atoms with E-state index in [1.54, 1.807) is 36.4 Å². The molecule has 0 radical (unpaired) electrons. The Morgan fingerprint density at radius 3 is 2.22 bits per heavy atom. The molecule has 3 nitrogen and oxygen atoms in total. The Morgan fingerprint density at radius 1 is 0.889 bits per heavy atom. The van der Waals surface area contributed by atoms with E-state index in [2.05, 4.69) is 0 Å². The van der Waals surface area contributed by atoms with E-state index in [-0.39, 0.29) is 12.2 Å². The van der Waals surface area contributed by atoms with E-state index in [0.717, 1.165) is 5.56 Å². The molecule has 2 aromatic rings. The molecular weight excluding hydrogens is 226 g/mol. The van der Waals surface area contributed by atoms with Crippen LogP contribution in [0, 0.1) is 0 Å². The number of nitrogens with two attached hydrogens (primary N) is 1. The van der Waals surface area contributed by atoms with Crippen molar-refractivity contribution >= 4 is 11.7 Å². The molecule has 0 heterocycles. The number of hydrogen-bond donors (Lipinski definition) is 1. The van der Waals surface area contributed by atoms with Gasteiger partial charge >= 0.3 is 0 Å². The summed E-state index contributed by atoms with van der Waals surface area (Å²) in [5, 5.41) is 0. The number of amides is 1. The Hall–Kier alpha value is -2.42. The summed E-state index contributed by atoms with van der Waals surface area (Å²) in [5.41, 5.74) is 7.09. The van der Waals surface area contributed by atoms with Crippen molar-refractivity contribution in [3.63, 3.8) is 0 Å². The third-order valence-corrected chi connectivity index (χ3v) is 2.60. The lowest BCUT2D eigenvalue weighted by atomic mass is 10.0. The van der Waals surface area contributed by atoms with Crippen LogP contribution in [-0.4, -0.2) is 11.7 Å². The van der Waals surface area contributed by atoms with Gasteiger partial charge in [0.05, 0.1) is 6.42 Å². The highest BCUT2D eigenvalue weighted by molar-refractivity contribution is 6.09. The summed E-state index contributed by atoms with van der Waals surface area (Å²) in [6.45, 7) is 0. The van der Waals surface area contributed by atoms with Crippen molar-refractivity contribution in [2.24, 2.45) is 5.73 Å². The van der Waals surface area contributed by atoms with E-state index in [9.17, 15) is 9.59 Å². The predicted molar refractivity (Wildman–Crippen MR) is 69.2 cm³/mol. The standard InChI is InChI=1S/C15H13NO2/c16-14(17)10-11-5-4-8-13(9-11)15(18)12-6-2-1-3-7-12/h1-9H,10H2,(H2,16,17). The highest BCUT2D eigenvalue weighted by atomic mass is 16.1. The van der Waals surface area contributed by atoms with E-state index < -0.39 is 5.91 Å². The fourth-order valence-electron chi connectivity index (χ4n) is 1.78. The summed E-state index contributed by atoms with van der Waals surface area (Å²) in [4.78, 5) is 23.0. The van der Waals surface area contributed by atoms with Gasteiger partial charge in [-0.05, 0) is 11.6 Å². The van der Waals surface area contributed by atoms with Crippen LogP contribution in [0.15, 0.2) is 54.6 Å². The molecule has 0 bridgehead atoms. The van der Waals surface area contributed by atoms with Crippen molar-refractivity contribution in [1.82, 2.24) is 0 Å². The zero-order valence-corrected chi connectivity index (χ0v) is 9.80. The van der Waals surface area contributed by atoms with Gasteiger partial charge in [-0.15, -0.1) is 0 Å². The molecule has 90 valence electrons. The lowest BCUT2D eigenvalue weighted by Crippen LogP contribution is -2.14. The van der Waals surface area contributed by atoms with Gasteiger partial charge in [0, 0.05) is 11.1 Å². The molecule has 0 unspecified atom stereocenters. The first kappa shape index (κ1) is 12.0. The van der Waals surface area contributed by atoms with Crippen molar-refractivity contribution in [2.75, 3.05) is 0 Å². The average Bonchev–Trinajstić information content (AvgIpc) is 2.38. The number of rotatable bonds is 4. The van der Waals surface area contributed by atoms with Gasteiger partial charge in [-0.25, -0.2) is 0 Å². The van der Waals surface area contributed by atoms with Crippen LogP contribution in [0.5, 0.6) is 0 Å². The van der Waals surface area contributed by atoms with Crippen LogP contribution >= 0.6 is 0 Å². The smallest absolute Gasteiger partial charge is 0.221 e. The second kappa shape index (κ2) is 5.27. The molecule has 0 saturated heterocycles. The zero-order chi connectivity index (χ0) is 13.0.